The summed E-state index contributed by atoms with van der Waals surface area (Å²) in [7, 11) is 1.52. The fourth-order valence-electron chi connectivity index (χ4n) is 2.14. The first-order valence-corrected chi connectivity index (χ1v) is 7.82. The number of aromatic nitrogens is 2. The fraction of sp³-hybridized carbons (Fsp3) is 0.118. The average Bonchev–Trinajstić information content (AvgIpc) is 3.13. The van der Waals surface area contributed by atoms with Crippen LogP contribution < -0.4 is 10.1 Å². The van der Waals surface area contributed by atoms with E-state index in [1.807, 2.05) is 0 Å². The SMILES string of the molecule is COc1ccc(-c2nnc(C(=O)Nc3cc(C(F)(F)F)ccc3Cl)o2)cc1. The van der Waals surface area contributed by atoms with Gasteiger partial charge in [0.25, 0.3) is 0 Å². The minimum Gasteiger partial charge on any atom is -0.497 e. The molecule has 0 saturated heterocycles. The Balaban J connectivity index is 1.80. The molecule has 0 aliphatic carbocycles. The summed E-state index contributed by atoms with van der Waals surface area (Å²) in [6.45, 7) is 0. The monoisotopic (exact) mass is 397 g/mol. The number of rotatable bonds is 4. The van der Waals surface area contributed by atoms with Gasteiger partial charge in [-0.05, 0) is 42.5 Å². The Morgan fingerprint density at radius 1 is 1.15 bits per heavy atom. The van der Waals surface area contributed by atoms with Crippen LogP contribution in [0.5, 0.6) is 5.75 Å². The van der Waals surface area contributed by atoms with Crippen LogP contribution in [0.1, 0.15) is 16.2 Å². The van der Waals surface area contributed by atoms with Crippen molar-refractivity contribution in [2.24, 2.45) is 0 Å². The first-order valence-electron chi connectivity index (χ1n) is 7.44. The number of hydrogen-bond donors (Lipinski definition) is 1. The van der Waals surface area contributed by atoms with Crippen molar-refractivity contribution >= 4 is 23.2 Å². The minimum atomic E-state index is -4.57. The zero-order valence-electron chi connectivity index (χ0n) is 13.7. The van der Waals surface area contributed by atoms with Crippen molar-refractivity contribution < 1.29 is 27.1 Å². The Hall–Kier alpha value is -3.07. The molecule has 3 aromatic rings. The maximum atomic E-state index is 12.8. The van der Waals surface area contributed by atoms with Crippen LogP contribution in [0.2, 0.25) is 5.02 Å². The smallest absolute Gasteiger partial charge is 0.416 e. The fourth-order valence-corrected chi connectivity index (χ4v) is 2.30. The second kappa shape index (κ2) is 7.28. The molecule has 1 amide bonds. The molecular weight excluding hydrogens is 387 g/mol. The normalized spacial score (nSPS) is 11.3. The zero-order valence-corrected chi connectivity index (χ0v) is 14.4. The highest BCUT2D eigenvalue weighted by molar-refractivity contribution is 6.33. The van der Waals surface area contributed by atoms with Gasteiger partial charge in [0.15, 0.2) is 0 Å². The van der Waals surface area contributed by atoms with Gasteiger partial charge in [0.05, 0.1) is 23.4 Å². The van der Waals surface area contributed by atoms with Crippen LogP contribution in [-0.4, -0.2) is 23.2 Å². The van der Waals surface area contributed by atoms with E-state index in [4.69, 9.17) is 20.8 Å². The summed E-state index contributed by atoms with van der Waals surface area (Å²) < 4.78 is 48.7. The molecule has 0 saturated carbocycles. The lowest BCUT2D eigenvalue weighted by atomic mass is 10.2. The second-order valence-corrected chi connectivity index (χ2v) is 5.69. The number of nitrogens with one attached hydrogen (secondary N) is 1. The highest BCUT2D eigenvalue weighted by Crippen LogP contribution is 2.34. The summed E-state index contributed by atoms with van der Waals surface area (Å²) in [4.78, 5) is 12.2. The van der Waals surface area contributed by atoms with Crippen LogP contribution in [0.4, 0.5) is 18.9 Å². The third-order valence-corrected chi connectivity index (χ3v) is 3.83. The first kappa shape index (κ1) is 18.7. The molecule has 0 atom stereocenters. The van der Waals surface area contributed by atoms with Crippen molar-refractivity contribution in [1.82, 2.24) is 10.2 Å². The molecule has 0 aliphatic rings. The molecule has 27 heavy (non-hydrogen) atoms. The Bertz CT molecular complexity index is 972. The summed E-state index contributed by atoms with van der Waals surface area (Å²) in [6, 6.07) is 9.21. The Morgan fingerprint density at radius 2 is 1.85 bits per heavy atom. The van der Waals surface area contributed by atoms with Gasteiger partial charge in [-0.3, -0.25) is 4.79 Å². The van der Waals surface area contributed by atoms with E-state index >= 15 is 0 Å². The Labute approximate surface area is 155 Å². The van der Waals surface area contributed by atoms with Gasteiger partial charge in [-0.1, -0.05) is 11.6 Å². The summed E-state index contributed by atoms with van der Waals surface area (Å²) >= 11 is 5.85. The maximum absolute atomic E-state index is 12.8. The van der Waals surface area contributed by atoms with Crippen LogP contribution in [0.3, 0.4) is 0 Å². The number of carbonyl (C=O) groups is 1. The number of ether oxygens (including phenoxy) is 1. The third-order valence-electron chi connectivity index (χ3n) is 3.50. The molecule has 0 fully saturated rings. The van der Waals surface area contributed by atoms with E-state index < -0.39 is 23.5 Å². The predicted molar refractivity (Wildman–Crippen MR) is 90.7 cm³/mol. The van der Waals surface area contributed by atoms with E-state index in [0.29, 0.717) is 11.3 Å². The number of benzene rings is 2. The van der Waals surface area contributed by atoms with Gasteiger partial charge >= 0.3 is 18.0 Å². The number of methoxy groups -OCH3 is 1. The molecule has 140 valence electrons. The lowest BCUT2D eigenvalue weighted by molar-refractivity contribution is -0.137. The Morgan fingerprint density at radius 3 is 2.48 bits per heavy atom. The quantitative estimate of drug-likeness (QED) is 0.692. The molecule has 3 rings (SSSR count). The highest BCUT2D eigenvalue weighted by Gasteiger charge is 2.31. The highest BCUT2D eigenvalue weighted by atomic mass is 35.5. The lowest BCUT2D eigenvalue weighted by Gasteiger charge is -2.10. The standard InChI is InChI=1S/C17H11ClF3N3O3/c1-26-11-5-2-9(3-6-11)15-23-24-16(27-15)14(25)22-13-8-10(17(19,20)21)4-7-12(13)18/h2-8H,1H3,(H,22,25). The molecule has 0 aliphatic heterocycles. The van der Waals surface area contributed by atoms with Crippen LogP contribution >= 0.6 is 11.6 Å². The molecule has 6 nitrogen and oxygen atoms in total. The average molecular weight is 398 g/mol. The summed E-state index contributed by atoms with van der Waals surface area (Å²) in [5, 5.41) is 9.53. The van der Waals surface area contributed by atoms with E-state index in [9.17, 15) is 18.0 Å². The minimum absolute atomic E-state index is 0.0637. The number of hydrogen-bond acceptors (Lipinski definition) is 5. The maximum Gasteiger partial charge on any atom is 0.416 e. The largest absolute Gasteiger partial charge is 0.497 e. The molecule has 1 aromatic heterocycles. The van der Waals surface area contributed by atoms with Gasteiger partial charge in [0, 0.05) is 5.56 Å². The van der Waals surface area contributed by atoms with E-state index in [0.717, 1.165) is 18.2 Å². The molecule has 0 unspecified atom stereocenters. The topological polar surface area (TPSA) is 77.2 Å². The number of anilines is 1. The summed E-state index contributed by atoms with van der Waals surface area (Å²) in [5.41, 5.74) is -0.633. The molecular formula is C17H11ClF3N3O3. The van der Waals surface area contributed by atoms with Crippen molar-refractivity contribution in [2.75, 3.05) is 12.4 Å². The second-order valence-electron chi connectivity index (χ2n) is 5.29. The zero-order chi connectivity index (χ0) is 19.6. The van der Waals surface area contributed by atoms with Gasteiger partial charge in [-0.25, -0.2) is 0 Å². The van der Waals surface area contributed by atoms with Gasteiger partial charge in [-0.2, -0.15) is 13.2 Å². The molecule has 10 heteroatoms. The third kappa shape index (κ3) is 4.20. The number of nitrogens with zero attached hydrogens (tertiary/aromatic N) is 2. The van der Waals surface area contributed by atoms with Gasteiger partial charge in [-0.15, -0.1) is 10.2 Å². The molecule has 2 aromatic carbocycles. The number of carbonyl (C=O) groups excluding carboxylic acids is 1. The van der Waals surface area contributed by atoms with Crippen molar-refractivity contribution in [3.63, 3.8) is 0 Å². The number of amides is 1. The van der Waals surface area contributed by atoms with Crippen LogP contribution in [0, 0.1) is 0 Å². The van der Waals surface area contributed by atoms with Crippen molar-refractivity contribution in [3.8, 4) is 17.2 Å². The van der Waals surface area contributed by atoms with Crippen molar-refractivity contribution in [1.29, 1.82) is 0 Å². The van der Waals surface area contributed by atoms with Crippen LogP contribution in [-0.2, 0) is 6.18 Å². The Kier molecular flexibility index (Phi) is 5.04. The summed E-state index contributed by atoms with van der Waals surface area (Å²) in [6.07, 6.45) is -4.57. The van der Waals surface area contributed by atoms with E-state index in [2.05, 4.69) is 15.5 Å². The molecule has 0 radical (unpaired) electrons. The lowest BCUT2D eigenvalue weighted by Crippen LogP contribution is -2.14. The molecule has 0 bridgehead atoms. The number of alkyl halides is 3. The van der Waals surface area contributed by atoms with Gasteiger partial charge in [0.2, 0.25) is 5.89 Å². The predicted octanol–water partition coefficient (Wildman–Crippen LogP) is 4.67. The van der Waals surface area contributed by atoms with E-state index in [-0.39, 0.29) is 16.6 Å². The van der Waals surface area contributed by atoms with Crippen molar-refractivity contribution in [2.45, 2.75) is 6.18 Å². The van der Waals surface area contributed by atoms with Crippen molar-refractivity contribution in [3.05, 3.63) is 58.9 Å². The molecule has 1 heterocycles. The van der Waals surface area contributed by atoms with E-state index in [1.165, 1.54) is 7.11 Å². The van der Waals surface area contributed by atoms with Gasteiger partial charge < -0.3 is 14.5 Å². The van der Waals surface area contributed by atoms with E-state index in [1.54, 1.807) is 24.3 Å². The molecule has 1 N–H and O–H groups in total. The number of halogens is 4. The molecule has 0 spiro atoms. The summed E-state index contributed by atoms with van der Waals surface area (Å²) in [5.74, 6) is -0.619. The first-order chi connectivity index (χ1) is 12.8. The van der Waals surface area contributed by atoms with Gasteiger partial charge in [0.1, 0.15) is 5.75 Å². The van der Waals surface area contributed by atoms with Crippen LogP contribution in [0.25, 0.3) is 11.5 Å². The van der Waals surface area contributed by atoms with Crippen LogP contribution in [0.15, 0.2) is 46.9 Å².